The summed E-state index contributed by atoms with van der Waals surface area (Å²) in [5, 5.41) is 23.3. The highest BCUT2D eigenvalue weighted by atomic mass is 35.5. The molecule has 1 aliphatic heterocycles. The number of hydrogen-bond acceptors (Lipinski definition) is 4. The minimum atomic E-state index is -0.984. The van der Waals surface area contributed by atoms with Crippen LogP contribution in [0.15, 0.2) is 48.5 Å². The van der Waals surface area contributed by atoms with E-state index in [1.165, 1.54) is 6.08 Å². The van der Waals surface area contributed by atoms with E-state index in [-0.39, 0.29) is 5.91 Å². The van der Waals surface area contributed by atoms with Gasteiger partial charge < -0.3 is 15.2 Å². The van der Waals surface area contributed by atoms with Crippen molar-refractivity contribution in [2.45, 2.75) is 31.6 Å². The minimum absolute atomic E-state index is 0.370. The Morgan fingerprint density at radius 2 is 2.11 bits per heavy atom. The van der Waals surface area contributed by atoms with Gasteiger partial charge in [-0.05, 0) is 55.8 Å². The molecule has 0 radical (unpaired) electrons. The Labute approximate surface area is 162 Å². The molecule has 0 saturated heterocycles. The Morgan fingerprint density at radius 3 is 2.81 bits per heavy atom. The number of fused-ring (bicyclic) bond motifs is 1. The molecule has 0 fully saturated rings. The van der Waals surface area contributed by atoms with Gasteiger partial charge in [-0.25, -0.2) is 0 Å². The smallest absolute Gasteiger partial charge is 0.244 e. The zero-order chi connectivity index (χ0) is 19.6. The fraction of sp³-hybridized carbons (Fsp3) is 0.238. The summed E-state index contributed by atoms with van der Waals surface area (Å²) in [5.41, 5.74) is 0.900. The normalized spacial score (nSPS) is 20.4. The van der Waals surface area contributed by atoms with E-state index in [4.69, 9.17) is 21.6 Å². The minimum Gasteiger partial charge on any atom is -0.485 e. The summed E-state index contributed by atoms with van der Waals surface area (Å²) in [6.07, 6.45) is 2.04. The number of ether oxygens (including phenoxy) is 1. The summed E-state index contributed by atoms with van der Waals surface area (Å²) in [6, 6.07) is 13.4. The molecule has 0 aromatic heterocycles. The molecular formula is C21H19ClN2O3. The lowest BCUT2D eigenvalue weighted by molar-refractivity contribution is -0.121. The molecule has 0 bridgehead atoms. The van der Waals surface area contributed by atoms with Gasteiger partial charge in [0.15, 0.2) is 0 Å². The third-order valence-electron chi connectivity index (χ3n) is 4.45. The first kappa shape index (κ1) is 19.0. The number of carbonyl (C=O) groups is 1. The standard InChI is InChI=1S/C21H19ClN2O3/c1-21(2)20(26)19(16-11-14(12-23)6-8-17(16)27-21)24-18(25)9-7-13-4-3-5-15(22)10-13/h3-11,19-20,26H,1-2H3,(H,24,25)/b9-7+/t19-,20+/m0/s1. The van der Waals surface area contributed by atoms with E-state index in [1.807, 2.05) is 6.07 Å². The van der Waals surface area contributed by atoms with E-state index in [9.17, 15) is 9.90 Å². The molecule has 0 saturated carbocycles. The summed E-state index contributed by atoms with van der Waals surface area (Å²) < 4.78 is 5.84. The highest BCUT2D eigenvalue weighted by Crippen LogP contribution is 2.40. The van der Waals surface area contributed by atoms with Gasteiger partial charge in [0.05, 0.1) is 17.7 Å². The molecule has 138 valence electrons. The molecule has 0 unspecified atom stereocenters. The van der Waals surface area contributed by atoms with Crippen molar-refractivity contribution in [2.24, 2.45) is 0 Å². The Morgan fingerprint density at radius 1 is 1.33 bits per heavy atom. The van der Waals surface area contributed by atoms with Gasteiger partial charge in [-0.1, -0.05) is 23.7 Å². The summed E-state index contributed by atoms with van der Waals surface area (Å²) in [6.45, 7) is 3.50. The molecule has 2 N–H and O–H groups in total. The van der Waals surface area contributed by atoms with E-state index < -0.39 is 17.7 Å². The second kappa shape index (κ2) is 7.43. The summed E-state index contributed by atoms with van der Waals surface area (Å²) in [5.74, 6) is 0.165. The predicted molar refractivity (Wildman–Crippen MR) is 103 cm³/mol. The van der Waals surface area contributed by atoms with Gasteiger partial charge in [0.1, 0.15) is 17.5 Å². The molecule has 2 aromatic carbocycles. The first-order valence-electron chi connectivity index (χ1n) is 8.45. The fourth-order valence-electron chi connectivity index (χ4n) is 3.01. The number of halogens is 1. The average Bonchev–Trinajstić information content (AvgIpc) is 2.63. The molecule has 3 rings (SSSR count). The van der Waals surface area contributed by atoms with Gasteiger partial charge >= 0.3 is 0 Å². The number of nitrogens with one attached hydrogen (secondary N) is 1. The lowest BCUT2D eigenvalue weighted by atomic mass is 9.86. The summed E-state index contributed by atoms with van der Waals surface area (Å²) >= 11 is 5.94. The second-order valence-electron chi connectivity index (χ2n) is 6.89. The van der Waals surface area contributed by atoms with E-state index in [0.717, 1.165) is 5.56 Å². The van der Waals surface area contributed by atoms with Crippen LogP contribution in [0.4, 0.5) is 0 Å². The number of aliphatic hydroxyl groups excluding tert-OH is 1. The number of nitrogens with zero attached hydrogens (tertiary/aromatic N) is 1. The Balaban J connectivity index is 1.86. The van der Waals surface area contributed by atoms with Crippen LogP contribution in [0, 0.1) is 11.3 Å². The van der Waals surface area contributed by atoms with Crippen molar-refractivity contribution in [3.05, 3.63) is 70.3 Å². The van der Waals surface area contributed by atoms with Crippen molar-refractivity contribution in [1.82, 2.24) is 5.32 Å². The Kier molecular flexibility index (Phi) is 5.22. The number of amides is 1. The first-order valence-corrected chi connectivity index (χ1v) is 8.83. The van der Waals surface area contributed by atoms with Crippen LogP contribution in [0.5, 0.6) is 5.75 Å². The largest absolute Gasteiger partial charge is 0.485 e. The van der Waals surface area contributed by atoms with Crippen LogP contribution in [0.2, 0.25) is 5.02 Å². The number of carbonyl (C=O) groups excluding carboxylic acids is 1. The van der Waals surface area contributed by atoms with Crippen LogP contribution < -0.4 is 10.1 Å². The second-order valence-corrected chi connectivity index (χ2v) is 7.33. The number of nitriles is 1. The quantitative estimate of drug-likeness (QED) is 0.794. The molecule has 0 spiro atoms. The molecule has 2 aromatic rings. The zero-order valence-electron chi connectivity index (χ0n) is 14.9. The Hall–Kier alpha value is -2.81. The van der Waals surface area contributed by atoms with Crippen LogP contribution in [-0.2, 0) is 4.79 Å². The van der Waals surface area contributed by atoms with Gasteiger partial charge in [0.2, 0.25) is 5.91 Å². The lowest BCUT2D eigenvalue weighted by Crippen LogP contribution is -2.53. The predicted octanol–water partition coefficient (Wildman–Crippen LogP) is 3.61. The number of aliphatic hydroxyl groups is 1. The van der Waals surface area contributed by atoms with Crippen molar-refractivity contribution in [3.63, 3.8) is 0 Å². The van der Waals surface area contributed by atoms with E-state index in [1.54, 1.807) is 56.3 Å². The van der Waals surface area contributed by atoms with Gasteiger partial charge in [-0.2, -0.15) is 5.26 Å². The lowest BCUT2D eigenvalue weighted by Gasteiger charge is -2.42. The maximum Gasteiger partial charge on any atom is 0.244 e. The van der Waals surface area contributed by atoms with Crippen LogP contribution in [0.25, 0.3) is 6.08 Å². The zero-order valence-corrected chi connectivity index (χ0v) is 15.7. The Bertz CT molecular complexity index is 947. The summed E-state index contributed by atoms with van der Waals surface area (Å²) in [4.78, 5) is 12.4. The van der Waals surface area contributed by atoms with Gasteiger partial charge in [0, 0.05) is 16.7 Å². The molecule has 5 nitrogen and oxygen atoms in total. The van der Waals surface area contributed by atoms with Gasteiger partial charge in [0.25, 0.3) is 0 Å². The molecule has 1 heterocycles. The molecule has 2 atom stereocenters. The van der Waals surface area contributed by atoms with Crippen molar-refractivity contribution >= 4 is 23.6 Å². The van der Waals surface area contributed by atoms with Gasteiger partial charge in [-0.15, -0.1) is 0 Å². The monoisotopic (exact) mass is 382 g/mol. The third-order valence-corrected chi connectivity index (χ3v) is 4.68. The highest BCUT2D eigenvalue weighted by Gasteiger charge is 2.43. The molecule has 27 heavy (non-hydrogen) atoms. The SMILES string of the molecule is CC1(C)Oc2ccc(C#N)cc2[C@H](NC(=O)/C=C/c2cccc(Cl)c2)[C@H]1O. The average molecular weight is 383 g/mol. The van der Waals surface area contributed by atoms with Crippen LogP contribution in [-0.4, -0.2) is 22.7 Å². The molecule has 1 aliphatic rings. The van der Waals surface area contributed by atoms with Crippen LogP contribution in [0.1, 0.15) is 36.6 Å². The molecule has 1 amide bonds. The van der Waals surface area contributed by atoms with Crippen molar-refractivity contribution < 1.29 is 14.6 Å². The fourth-order valence-corrected chi connectivity index (χ4v) is 3.21. The summed E-state index contributed by atoms with van der Waals surface area (Å²) in [7, 11) is 0. The van der Waals surface area contributed by atoms with Crippen molar-refractivity contribution in [1.29, 1.82) is 5.26 Å². The van der Waals surface area contributed by atoms with Crippen molar-refractivity contribution in [3.8, 4) is 11.8 Å². The van der Waals surface area contributed by atoms with E-state index in [2.05, 4.69) is 11.4 Å². The molecular weight excluding hydrogens is 364 g/mol. The third kappa shape index (κ3) is 4.13. The number of hydrogen-bond donors (Lipinski definition) is 2. The van der Waals surface area contributed by atoms with Crippen LogP contribution >= 0.6 is 11.6 Å². The number of rotatable bonds is 3. The maximum absolute atomic E-state index is 12.4. The molecule has 6 heteroatoms. The van der Waals surface area contributed by atoms with Crippen LogP contribution in [0.3, 0.4) is 0 Å². The highest BCUT2D eigenvalue weighted by molar-refractivity contribution is 6.30. The van der Waals surface area contributed by atoms with Gasteiger partial charge in [-0.3, -0.25) is 4.79 Å². The topological polar surface area (TPSA) is 82.3 Å². The first-order chi connectivity index (χ1) is 12.8. The van der Waals surface area contributed by atoms with Crippen molar-refractivity contribution in [2.75, 3.05) is 0 Å². The van der Waals surface area contributed by atoms with E-state index >= 15 is 0 Å². The van der Waals surface area contributed by atoms with E-state index in [0.29, 0.717) is 21.9 Å². The molecule has 0 aliphatic carbocycles. The maximum atomic E-state index is 12.4. The number of benzene rings is 2.